The van der Waals surface area contributed by atoms with Gasteiger partial charge in [0.05, 0.1) is 12.1 Å². The smallest absolute Gasteiger partial charge is 0.256 e. The standard InChI is InChI=1S/C8H13N2O/c1-4-7-5-8(6(2)11)10(3)9-7/h4-5H2,1-3H3/q+1. The van der Waals surface area contributed by atoms with Crippen LogP contribution in [-0.2, 0) is 4.79 Å². The molecular weight excluding hydrogens is 140 g/mol. The normalized spacial score (nSPS) is 17.2. The highest BCUT2D eigenvalue weighted by atomic mass is 16.1. The molecule has 0 saturated heterocycles. The van der Waals surface area contributed by atoms with Gasteiger partial charge in [-0.1, -0.05) is 11.6 Å². The summed E-state index contributed by atoms with van der Waals surface area (Å²) in [6.45, 7) is 3.63. The van der Waals surface area contributed by atoms with Crippen LogP contribution >= 0.6 is 0 Å². The fraction of sp³-hybridized carbons (Fsp3) is 0.625. The largest absolute Gasteiger partial charge is 0.288 e. The predicted octanol–water partition coefficient (Wildman–Crippen LogP) is 0.828. The number of Topliss-reactive ketones (excluding diaryl/α,β-unsaturated/α-hetero) is 1. The number of rotatable bonds is 2. The molecule has 0 aromatic carbocycles. The van der Waals surface area contributed by atoms with Crippen molar-refractivity contribution in [2.45, 2.75) is 26.7 Å². The third-order valence-corrected chi connectivity index (χ3v) is 1.87. The zero-order chi connectivity index (χ0) is 8.43. The van der Waals surface area contributed by atoms with Gasteiger partial charge in [0, 0.05) is 6.92 Å². The average Bonchev–Trinajstić information content (AvgIpc) is 2.30. The Hall–Kier alpha value is -0.990. The van der Waals surface area contributed by atoms with Crippen LogP contribution in [0.2, 0.25) is 0 Å². The Kier molecular flexibility index (Phi) is 2.17. The van der Waals surface area contributed by atoms with E-state index in [1.54, 1.807) is 11.6 Å². The molecule has 0 spiro atoms. The van der Waals surface area contributed by atoms with Gasteiger partial charge in [0.1, 0.15) is 0 Å². The summed E-state index contributed by atoms with van der Waals surface area (Å²) >= 11 is 0. The van der Waals surface area contributed by atoms with Crippen LogP contribution in [-0.4, -0.2) is 28.9 Å². The van der Waals surface area contributed by atoms with Crippen LogP contribution in [0.5, 0.6) is 0 Å². The topological polar surface area (TPSA) is 32.4 Å². The highest BCUT2D eigenvalue weighted by molar-refractivity contribution is 6.40. The van der Waals surface area contributed by atoms with E-state index in [1.807, 2.05) is 7.05 Å². The van der Waals surface area contributed by atoms with Gasteiger partial charge < -0.3 is 0 Å². The summed E-state index contributed by atoms with van der Waals surface area (Å²) in [7, 11) is 1.82. The minimum atomic E-state index is 0.125. The monoisotopic (exact) mass is 153 g/mol. The second-order valence-corrected chi connectivity index (χ2v) is 2.72. The molecule has 3 heteroatoms. The lowest BCUT2D eigenvalue weighted by Crippen LogP contribution is -2.16. The molecule has 0 aliphatic carbocycles. The lowest BCUT2D eigenvalue weighted by Gasteiger charge is -1.86. The molecule has 11 heavy (non-hydrogen) atoms. The molecule has 1 heterocycles. The van der Waals surface area contributed by atoms with Gasteiger partial charge in [-0.05, 0) is 11.5 Å². The first-order chi connectivity index (χ1) is 5.15. The number of carbonyl (C=O) groups excluding carboxylic acids is 1. The Morgan fingerprint density at radius 1 is 1.73 bits per heavy atom. The molecule has 0 aromatic rings. The first-order valence-electron chi connectivity index (χ1n) is 3.82. The van der Waals surface area contributed by atoms with Crippen molar-refractivity contribution >= 4 is 17.2 Å². The van der Waals surface area contributed by atoms with Crippen molar-refractivity contribution in [3.63, 3.8) is 0 Å². The number of nitrogens with zero attached hydrogens (tertiary/aromatic N) is 2. The number of hydrogen-bond donors (Lipinski definition) is 0. The van der Waals surface area contributed by atoms with Gasteiger partial charge >= 0.3 is 0 Å². The molecule has 0 amide bonds. The minimum absolute atomic E-state index is 0.125. The summed E-state index contributed by atoms with van der Waals surface area (Å²) in [5, 5.41) is 4.20. The van der Waals surface area contributed by atoms with Crippen LogP contribution in [0.3, 0.4) is 0 Å². The van der Waals surface area contributed by atoms with E-state index in [0.29, 0.717) is 0 Å². The van der Waals surface area contributed by atoms with Crippen molar-refractivity contribution in [2.75, 3.05) is 7.05 Å². The average molecular weight is 153 g/mol. The third kappa shape index (κ3) is 1.53. The summed E-state index contributed by atoms with van der Waals surface area (Å²) in [6.07, 6.45) is 1.67. The lowest BCUT2D eigenvalue weighted by molar-refractivity contribution is -0.498. The molecule has 0 N–H and O–H groups in total. The van der Waals surface area contributed by atoms with E-state index in [2.05, 4.69) is 12.0 Å². The molecule has 1 aliphatic rings. The van der Waals surface area contributed by atoms with E-state index in [9.17, 15) is 4.79 Å². The predicted molar refractivity (Wildman–Crippen MR) is 44.2 cm³/mol. The lowest BCUT2D eigenvalue weighted by atomic mass is 10.1. The zero-order valence-electron chi connectivity index (χ0n) is 7.22. The van der Waals surface area contributed by atoms with Crippen molar-refractivity contribution < 1.29 is 9.48 Å². The Balaban J connectivity index is 2.78. The summed E-state index contributed by atoms with van der Waals surface area (Å²) in [5.41, 5.74) is 1.90. The summed E-state index contributed by atoms with van der Waals surface area (Å²) in [6, 6.07) is 0. The molecule has 0 aromatic heterocycles. The Labute approximate surface area is 66.4 Å². The molecule has 3 nitrogen and oxygen atoms in total. The fourth-order valence-electron chi connectivity index (χ4n) is 1.16. The van der Waals surface area contributed by atoms with Crippen LogP contribution in [0, 0.1) is 0 Å². The fourth-order valence-corrected chi connectivity index (χ4v) is 1.16. The van der Waals surface area contributed by atoms with Crippen molar-refractivity contribution in [2.24, 2.45) is 5.10 Å². The summed E-state index contributed by atoms with van der Waals surface area (Å²) < 4.78 is 1.68. The molecule has 0 unspecified atom stereocenters. The van der Waals surface area contributed by atoms with E-state index in [0.717, 1.165) is 24.3 Å². The van der Waals surface area contributed by atoms with Gasteiger partial charge in [-0.25, -0.2) is 0 Å². The van der Waals surface area contributed by atoms with Gasteiger partial charge in [0.2, 0.25) is 5.78 Å². The second kappa shape index (κ2) is 2.95. The van der Waals surface area contributed by atoms with Gasteiger partial charge in [-0.15, -0.1) is 0 Å². The molecule has 60 valence electrons. The minimum Gasteiger partial charge on any atom is -0.288 e. The maximum absolute atomic E-state index is 11.0. The Morgan fingerprint density at radius 3 is 2.64 bits per heavy atom. The molecule has 1 aliphatic heterocycles. The zero-order valence-corrected chi connectivity index (χ0v) is 7.22. The van der Waals surface area contributed by atoms with E-state index >= 15 is 0 Å². The number of hydrazone groups is 1. The maximum atomic E-state index is 11.0. The first kappa shape index (κ1) is 8.11. The van der Waals surface area contributed by atoms with E-state index < -0.39 is 0 Å². The highest BCUT2D eigenvalue weighted by Crippen LogP contribution is 2.04. The SMILES string of the molecule is CCC1=N[N+](C)=C(C(C)=O)C1. The molecule has 0 fully saturated rings. The van der Waals surface area contributed by atoms with Crippen LogP contribution in [0.25, 0.3) is 0 Å². The summed E-state index contributed by atoms with van der Waals surface area (Å²) in [4.78, 5) is 11.0. The van der Waals surface area contributed by atoms with Gasteiger partial charge in [0.25, 0.3) is 5.71 Å². The van der Waals surface area contributed by atoms with Crippen LogP contribution in [0.4, 0.5) is 0 Å². The van der Waals surface area contributed by atoms with E-state index in [-0.39, 0.29) is 5.78 Å². The molecule has 0 atom stereocenters. The molecule has 0 saturated carbocycles. The van der Waals surface area contributed by atoms with Crippen LogP contribution in [0.1, 0.15) is 26.7 Å². The maximum Gasteiger partial charge on any atom is 0.256 e. The summed E-state index contributed by atoms with van der Waals surface area (Å²) in [5.74, 6) is 0.125. The van der Waals surface area contributed by atoms with E-state index in [1.165, 1.54) is 0 Å². The van der Waals surface area contributed by atoms with Crippen molar-refractivity contribution in [1.82, 2.24) is 0 Å². The van der Waals surface area contributed by atoms with Gasteiger partial charge in [0.15, 0.2) is 7.05 Å². The van der Waals surface area contributed by atoms with Crippen LogP contribution < -0.4 is 0 Å². The first-order valence-corrected chi connectivity index (χ1v) is 3.82. The molecule has 1 rings (SSSR count). The number of carbonyl (C=O) groups is 1. The number of hydrogen-bond acceptors (Lipinski definition) is 2. The quantitative estimate of drug-likeness (QED) is 0.541. The third-order valence-electron chi connectivity index (χ3n) is 1.87. The van der Waals surface area contributed by atoms with Gasteiger partial charge in [-0.3, -0.25) is 4.79 Å². The molecule has 0 bridgehead atoms. The van der Waals surface area contributed by atoms with E-state index in [4.69, 9.17) is 0 Å². The Bertz CT molecular complexity index is 251. The highest BCUT2D eigenvalue weighted by Gasteiger charge is 2.25. The Morgan fingerprint density at radius 2 is 2.36 bits per heavy atom. The van der Waals surface area contributed by atoms with Gasteiger partial charge in [-0.2, -0.15) is 0 Å². The van der Waals surface area contributed by atoms with Crippen molar-refractivity contribution in [1.29, 1.82) is 0 Å². The molecule has 0 radical (unpaired) electrons. The number of ketones is 1. The molecular formula is C8H13N2O+. The van der Waals surface area contributed by atoms with Crippen molar-refractivity contribution in [3.05, 3.63) is 0 Å². The second-order valence-electron chi connectivity index (χ2n) is 2.72. The van der Waals surface area contributed by atoms with Crippen molar-refractivity contribution in [3.8, 4) is 0 Å². The van der Waals surface area contributed by atoms with Crippen LogP contribution in [0.15, 0.2) is 5.10 Å².